The van der Waals surface area contributed by atoms with Gasteiger partial charge in [-0.2, -0.15) is 11.8 Å². The van der Waals surface area contributed by atoms with E-state index in [1.807, 2.05) is 0 Å². The Labute approximate surface area is 56.0 Å². The molecule has 1 fully saturated rings. The molecular formula is C7H14S. The molecule has 0 N–H and O–H groups in total. The average Bonchev–Trinajstić information content (AvgIpc) is 1.77. The lowest BCUT2D eigenvalue weighted by Crippen LogP contribution is -2.15. The minimum absolute atomic E-state index is 0.920. The molecule has 8 heavy (non-hydrogen) atoms. The van der Waals surface area contributed by atoms with Crippen LogP contribution in [0.2, 0.25) is 0 Å². The molecule has 1 heteroatoms. The standard InChI is InChI=1S/C7H14S/c1-6-4-3-5-8-7(6)2/h6-7H,3-5H2,1-2H3/t6-,7-/m1/s1. The Balaban J connectivity index is 2.28. The maximum absolute atomic E-state index is 2.36. The molecule has 0 nitrogen and oxygen atoms in total. The second-order valence-corrected chi connectivity index (χ2v) is 4.18. The van der Waals surface area contributed by atoms with Crippen molar-refractivity contribution in [3.8, 4) is 0 Å². The third kappa shape index (κ3) is 1.41. The van der Waals surface area contributed by atoms with Gasteiger partial charge in [0.25, 0.3) is 0 Å². The van der Waals surface area contributed by atoms with Gasteiger partial charge in [0.1, 0.15) is 0 Å². The van der Waals surface area contributed by atoms with E-state index < -0.39 is 0 Å². The minimum atomic E-state index is 0.920. The molecule has 0 bridgehead atoms. The van der Waals surface area contributed by atoms with Gasteiger partial charge in [-0.25, -0.2) is 0 Å². The van der Waals surface area contributed by atoms with Crippen molar-refractivity contribution in [2.75, 3.05) is 5.75 Å². The van der Waals surface area contributed by atoms with Crippen molar-refractivity contribution >= 4 is 11.8 Å². The summed E-state index contributed by atoms with van der Waals surface area (Å²) in [7, 11) is 0. The summed E-state index contributed by atoms with van der Waals surface area (Å²) in [4.78, 5) is 0. The third-order valence-corrected chi connectivity index (χ3v) is 3.50. The van der Waals surface area contributed by atoms with Gasteiger partial charge in [0.05, 0.1) is 0 Å². The van der Waals surface area contributed by atoms with E-state index in [0.29, 0.717) is 0 Å². The number of hydrogen-bond donors (Lipinski definition) is 0. The highest BCUT2D eigenvalue weighted by Gasteiger charge is 2.16. The van der Waals surface area contributed by atoms with E-state index in [1.165, 1.54) is 18.6 Å². The van der Waals surface area contributed by atoms with Crippen LogP contribution < -0.4 is 0 Å². The molecule has 1 aliphatic rings. The van der Waals surface area contributed by atoms with Crippen molar-refractivity contribution in [3.63, 3.8) is 0 Å². The molecule has 0 unspecified atom stereocenters. The lowest BCUT2D eigenvalue weighted by atomic mass is 10.0. The molecule has 48 valence electrons. The van der Waals surface area contributed by atoms with Crippen molar-refractivity contribution in [2.45, 2.75) is 31.9 Å². The highest BCUT2D eigenvalue weighted by atomic mass is 32.2. The van der Waals surface area contributed by atoms with Crippen molar-refractivity contribution in [1.82, 2.24) is 0 Å². The van der Waals surface area contributed by atoms with E-state index >= 15 is 0 Å². The summed E-state index contributed by atoms with van der Waals surface area (Å²) in [5.74, 6) is 2.36. The first-order valence-electron chi connectivity index (χ1n) is 3.42. The lowest BCUT2D eigenvalue weighted by molar-refractivity contribution is 0.507. The number of rotatable bonds is 0. The van der Waals surface area contributed by atoms with Gasteiger partial charge < -0.3 is 0 Å². The Morgan fingerprint density at radius 3 is 2.50 bits per heavy atom. The summed E-state index contributed by atoms with van der Waals surface area (Å²) in [6.45, 7) is 4.70. The Morgan fingerprint density at radius 2 is 2.12 bits per heavy atom. The zero-order valence-corrected chi connectivity index (χ0v) is 6.50. The first-order valence-corrected chi connectivity index (χ1v) is 4.47. The van der Waals surface area contributed by atoms with Crippen molar-refractivity contribution in [1.29, 1.82) is 0 Å². The van der Waals surface area contributed by atoms with Crippen LogP contribution in [0, 0.1) is 5.92 Å². The smallest absolute Gasteiger partial charge is 0.00443 e. The van der Waals surface area contributed by atoms with Crippen molar-refractivity contribution in [2.24, 2.45) is 5.92 Å². The summed E-state index contributed by atoms with van der Waals surface area (Å²) < 4.78 is 0. The Hall–Kier alpha value is 0.350. The maximum atomic E-state index is 2.36. The molecule has 1 aliphatic heterocycles. The van der Waals surface area contributed by atoms with Crippen LogP contribution in [0.3, 0.4) is 0 Å². The second-order valence-electron chi connectivity index (χ2n) is 2.70. The van der Waals surface area contributed by atoms with E-state index in [-0.39, 0.29) is 0 Å². The van der Waals surface area contributed by atoms with E-state index in [0.717, 1.165) is 11.2 Å². The number of thioether (sulfide) groups is 1. The molecule has 0 aromatic carbocycles. The predicted molar refractivity (Wildman–Crippen MR) is 40.3 cm³/mol. The largest absolute Gasteiger partial charge is 0.159 e. The van der Waals surface area contributed by atoms with Gasteiger partial charge in [-0.05, 0) is 24.5 Å². The van der Waals surface area contributed by atoms with Crippen molar-refractivity contribution < 1.29 is 0 Å². The van der Waals surface area contributed by atoms with Gasteiger partial charge >= 0.3 is 0 Å². The van der Waals surface area contributed by atoms with Crippen LogP contribution in [-0.4, -0.2) is 11.0 Å². The molecule has 2 atom stereocenters. The topological polar surface area (TPSA) is 0 Å². The first kappa shape index (κ1) is 6.47. The average molecular weight is 130 g/mol. The van der Waals surface area contributed by atoms with Crippen LogP contribution in [0.25, 0.3) is 0 Å². The lowest BCUT2D eigenvalue weighted by Gasteiger charge is -2.24. The molecule has 0 aliphatic carbocycles. The summed E-state index contributed by atoms with van der Waals surface area (Å²) in [5, 5.41) is 0.920. The van der Waals surface area contributed by atoms with Crippen LogP contribution in [0.1, 0.15) is 26.7 Å². The normalized spacial score (nSPS) is 39.8. The molecule has 0 aromatic heterocycles. The second kappa shape index (κ2) is 2.77. The third-order valence-electron chi connectivity index (χ3n) is 1.99. The summed E-state index contributed by atoms with van der Waals surface area (Å²) in [6.07, 6.45) is 2.89. The monoisotopic (exact) mass is 130 g/mol. The van der Waals surface area contributed by atoms with E-state index in [9.17, 15) is 0 Å². The van der Waals surface area contributed by atoms with E-state index in [4.69, 9.17) is 0 Å². The molecule has 0 saturated carbocycles. The van der Waals surface area contributed by atoms with Gasteiger partial charge in [0.2, 0.25) is 0 Å². The quantitative estimate of drug-likeness (QED) is 0.485. The van der Waals surface area contributed by atoms with Crippen LogP contribution in [-0.2, 0) is 0 Å². The molecule has 1 heterocycles. The predicted octanol–water partition coefficient (Wildman–Crippen LogP) is 2.54. The Bertz CT molecular complexity index is 60.8. The molecule has 0 amide bonds. The maximum Gasteiger partial charge on any atom is 0.00443 e. The Morgan fingerprint density at radius 1 is 1.38 bits per heavy atom. The van der Waals surface area contributed by atoms with Gasteiger partial charge in [-0.3, -0.25) is 0 Å². The highest BCUT2D eigenvalue weighted by molar-refractivity contribution is 7.99. The molecule has 0 radical (unpaired) electrons. The van der Waals surface area contributed by atoms with Gasteiger partial charge in [-0.1, -0.05) is 13.8 Å². The van der Waals surface area contributed by atoms with Gasteiger partial charge in [-0.15, -0.1) is 0 Å². The van der Waals surface area contributed by atoms with E-state index in [1.54, 1.807) is 0 Å². The van der Waals surface area contributed by atoms with E-state index in [2.05, 4.69) is 25.6 Å². The molecule has 1 saturated heterocycles. The molecular weight excluding hydrogens is 116 g/mol. The summed E-state index contributed by atoms with van der Waals surface area (Å²) in [5.41, 5.74) is 0. The minimum Gasteiger partial charge on any atom is -0.159 e. The number of hydrogen-bond acceptors (Lipinski definition) is 1. The highest BCUT2D eigenvalue weighted by Crippen LogP contribution is 2.29. The van der Waals surface area contributed by atoms with Crippen LogP contribution in [0.4, 0.5) is 0 Å². The fraction of sp³-hybridized carbons (Fsp3) is 1.00. The summed E-state index contributed by atoms with van der Waals surface area (Å²) in [6, 6.07) is 0. The van der Waals surface area contributed by atoms with Crippen LogP contribution in [0.15, 0.2) is 0 Å². The molecule has 0 aromatic rings. The first-order chi connectivity index (χ1) is 3.80. The SMILES string of the molecule is C[C@@H]1CCCS[C@@H]1C. The van der Waals surface area contributed by atoms with Gasteiger partial charge in [0.15, 0.2) is 0 Å². The summed E-state index contributed by atoms with van der Waals surface area (Å²) >= 11 is 2.13. The fourth-order valence-corrected chi connectivity index (χ4v) is 2.24. The zero-order chi connectivity index (χ0) is 5.98. The molecule has 1 rings (SSSR count). The fourth-order valence-electron chi connectivity index (χ4n) is 1.07. The van der Waals surface area contributed by atoms with Crippen molar-refractivity contribution in [3.05, 3.63) is 0 Å². The van der Waals surface area contributed by atoms with Gasteiger partial charge in [0, 0.05) is 5.25 Å². The Kier molecular flexibility index (Phi) is 2.24. The van der Waals surface area contributed by atoms with Crippen LogP contribution >= 0.6 is 11.8 Å². The molecule has 0 spiro atoms. The zero-order valence-electron chi connectivity index (χ0n) is 5.68. The van der Waals surface area contributed by atoms with Crippen LogP contribution in [0.5, 0.6) is 0 Å².